The van der Waals surface area contributed by atoms with Gasteiger partial charge in [0.2, 0.25) is 0 Å². The predicted molar refractivity (Wildman–Crippen MR) is 73.8 cm³/mol. The molecular formula is C12H17F9N2O3S. The van der Waals surface area contributed by atoms with Crippen molar-refractivity contribution >= 4 is 10.0 Å². The van der Waals surface area contributed by atoms with Gasteiger partial charge in [-0.3, -0.25) is 4.90 Å². The maximum absolute atomic E-state index is 13.8. The SMILES string of the molecule is CC(C)[C@H](O)N1CCN(S(=O)(=O)C(F)(F)C(F)(F)C(F)(F)C(F)(F)F)CC1. The highest BCUT2D eigenvalue weighted by Gasteiger charge is 2.85. The summed E-state index contributed by atoms with van der Waals surface area (Å²) in [4.78, 5) is 1.22. The average Bonchev–Trinajstić information content (AvgIpc) is 2.52. The Morgan fingerprint density at radius 3 is 1.56 bits per heavy atom. The third kappa shape index (κ3) is 3.87. The maximum Gasteiger partial charge on any atom is 0.460 e. The summed E-state index contributed by atoms with van der Waals surface area (Å²) in [6.45, 7) is 0.486. The van der Waals surface area contributed by atoms with Gasteiger partial charge in [0.1, 0.15) is 6.23 Å². The van der Waals surface area contributed by atoms with Gasteiger partial charge in [-0.2, -0.15) is 43.8 Å². The molecule has 162 valence electrons. The van der Waals surface area contributed by atoms with Crippen LogP contribution in [0, 0.1) is 5.92 Å². The molecule has 0 unspecified atom stereocenters. The molecule has 0 spiro atoms. The summed E-state index contributed by atoms with van der Waals surface area (Å²) in [5, 5.41) is 3.07. The number of alkyl halides is 9. The van der Waals surface area contributed by atoms with Crippen LogP contribution in [0.25, 0.3) is 0 Å². The van der Waals surface area contributed by atoms with Crippen LogP contribution in [0.5, 0.6) is 0 Å². The number of sulfonamides is 1. The molecule has 0 amide bonds. The van der Waals surface area contributed by atoms with E-state index < -0.39 is 65.7 Å². The number of nitrogens with zero attached hydrogens (tertiary/aromatic N) is 2. The fourth-order valence-electron chi connectivity index (χ4n) is 2.32. The Morgan fingerprint density at radius 1 is 0.815 bits per heavy atom. The Labute approximate surface area is 148 Å². The van der Waals surface area contributed by atoms with Crippen molar-refractivity contribution in [2.45, 2.75) is 43.4 Å². The molecule has 1 fully saturated rings. The van der Waals surface area contributed by atoms with Crippen LogP contribution < -0.4 is 0 Å². The number of piperazine rings is 1. The zero-order valence-corrected chi connectivity index (χ0v) is 14.8. The largest absolute Gasteiger partial charge is 0.460 e. The van der Waals surface area contributed by atoms with Crippen molar-refractivity contribution in [3.05, 3.63) is 0 Å². The van der Waals surface area contributed by atoms with E-state index in [1.54, 1.807) is 13.8 Å². The molecule has 5 nitrogen and oxygen atoms in total. The number of aliphatic hydroxyl groups is 1. The van der Waals surface area contributed by atoms with Crippen molar-refractivity contribution in [3.8, 4) is 0 Å². The molecule has 1 N–H and O–H groups in total. The first-order valence-electron chi connectivity index (χ1n) is 7.44. The van der Waals surface area contributed by atoms with E-state index in [0.29, 0.717) is 0 Å². The Bertz CT molecular complexity index is 629. The van der Waals surface area contributed by atoms with E-state index in [1.165, 1.54) is 4.90 Å². The van der Waals surface area contributed by atoms with Crippen molar-refractivity contribution in [2.75, 3.05) is 26.2 Å². The van der Waals surface area contributed by atoms with Gasteiger partial charge in [0.05, 0.1) is 0 Å². The standard InChI is InChI=1S/C12H17F9N2O3S/c1-7(2)8(24)22-3-5-23(6-4-22)27(25,26)12(20,21)10(15,16)9(13,14)11(17,18)19/h7-8,24H,3-6H2,1-2H3/t8-/m0/s1. The lowest BCUT2D eigenvalue weighted by Gasteiger charge is -2.40. The van der Waals surface area contributed by atoms with Crippen molar-refractivity contribution in [3.63, 3.8) is 0 Å². The lowest BCUT2D eigenvalue weighted by atomic mass is 10.1. The highest BCUT2D eigenvalue weighted by molar-refractivity contribution is 7.90. The van der Waals surface area contributed by atoms with E-state index in [0.717, 1.165) is 0 Å². The van der Waals surface area contributed by atoms with E-state index >= 15 is 0 Å². The van der Waals surface area contributed by atoms with Crippen LogP contribution in [0.1, 0.15) is 13.8 Å². The smallest absolute Gasteiger partial charge is 0.378 e. The van der Waals surface area contributed by atoms with E-state index in [2.05, 4.69) is 0 Å². The van der Waals surface area contributed by atoms with Gasteiger partial charge in [-0.25, -0.2) is 8.42 Å². The minimum Gasteiger partial charge on any atom is -0.378 e. The Balaban J connectivity index is 3.13. The molecule has 0 aromatic heterocycles. The number of aliphatic hydroxyl groups excluding tert-OH is 1. The topological polar surface area (TPSA) is 60.9 Å². The van der Waals surface area contributed by atoms with Crippen LogP contribution >= 0.6 is 0 Å². The fourth-order valence-corrected chi connectivity index (χ4v) is 3.74. The van der Waals surface area contributed by atoms with E-state index in [1.807, 2.05) is 0 Å². The zero-order chi connectivity index (χ0) is 21.6. The van der Waals surface area contributed by atoms with Gasteiger partial charge in [-0.1, -0.05) is 13.8 Å². The summed E-state index contributed by atoms with van der Waals surface area (Å²) < 4.78 is 139. The van der Waals surface area contributed by atoms with E-state index in [-0.39, 0.29) is 10.2 Å². The molecule has 1 aliphatic rings. The number of hydrogen-bond donors (Lipinski definition) is 1. The molecule has 0 saturated carbocycles. The molecule has 15 heteroatoms. The first-order valence-corrected chi connectivity index (χ1v) is 8.88. The predicted octanol–water partition coefficient (Wildman–Crippen LogP) is 2.33. The molecule has 0 bridgehead atoms. The molecule has 27 heavy (non-hydrogen) atoms. The summed E-state index contributed by atoms with van der Waals surface area (Å²) in [7, 11) is -6.57. The first-order chi connectivity index (χ1) is 11.8. The minimum atomic E-state index is -7.29. The van der Waals surface area contributed by atoms with E-state index in [9.17, 15) is 53.0 Å². The van der Waals surface area contributed by atoms with Crippen LogP contribution in [-0.2, 0) is 10.0 Å². The normalized spacial score (nSPS) is 20.9. The Hall–Kier alpha value is -0.800. The highest BCUT2D eigenvalue weighted by Crippen LogP contribution is 2.55. The molecule has 1 saturated heterocycles. The van der Waals surface area contributed by atoms with Gasteiger partial charge in [-0.05, 0) is 5.92 Å². The number of rotatable bonds is 6. The second kappa shape index (κ2) is 7.22. The molecule has 0 aromatic carbocycles. The Kier molecular flexibility index (Phi) is 6.48. The highest BCUT2D eigenvalue weighted by atomic mass is 32.2. The molecular weight excluding hydrogens is 423 g/mol. The van der Waals surface area contributed by atoms with Gasteiger partial charge < -0.3 is 5.11 Å². The van der Waals surface area contributed by atoms with Gasteiger partial charge >= 0.3 is 23.3 Å². The average molecular weight is 440 g/mol. The van der Waals surface area contributed by atoms with Crippen molar-refractivity contribution < 1.29 is 53.0 Å². The molecule has 1 heterocycles. The summed E-state index contributed by atoms with van der Waals surface area (Å²) in [5.74, 6) is -14.9. The summed E-state index contributed by atoms with van der Waals surface area (Å²) in [5.41, 5.74) is 0. The van der Waals surface area contributed by atoms with Crippen LogP contribution in [-0.4, -0.2) is 78.4 Å². The lowest BCUT2D eigenvalue weighted by Crippen LogP contribution is -2.66. The van der Waals surface area contributed by atoms with Crippen LogP contribution in [0.4, 0.5) is 39.5 Å². The second-order valence-electron chi connectivity index (χ2n) is 6.26. The molecule has 0 aromatic rings. The van der Waals surface area contributed by atoms with Gasteiger partial charge in [-0.15, -0.1) is 0 Å². The number of halogens is 9. The van der Waals surface area contributed by atoms with Gasteiger partial charge in [0.15, 0.2) is 0 Å². The number of hydrogen-bond acceptors (Lipinski definition) is 4. The molecule has 0 aliphatic carbocycles. The van der Waals surface area contributed by atoms with Crippen molar-refractivity contribution in [1.29, 1.82) is 0 Å². The lowest BCUT2D eigenvalue weighted by molar-refractivity contribution is -0.382. The summed E-state index contributed by atoms with van der Waals surface area (Å²) >= 11 is 0. The van der Waals surface area contributed by atoms with Crippen molar-refractivity contribution in [2.24, 2.45) is 5.92 Å². The molecule has 1 aliphatic heterocycles. The minimum absolute atomic E-state index is 0.295. The van der Waals surface area contributed by atoms with Gasteiger partial charge in [0, 0.05) is 26.2 Å². The molecule has 1 rings (SSSR count). The quantitative estimate of drug-likeness (QED) is 0.645. The summed E-state index contributed by atoms with van der Waals surface area (Å²) in [6, 6.07) is 0. The van der Waals surface area contributed by atoms with Crippen LogP contribution in [0.2, 0.25) is 0 Å². The van der Waals surface area contributed by atoms with Crippen LogP contribution in [0.15, 0.2) is 0 Å². The fraction of sp³-hybridized carbons (Fsp3) is 1.00. The molecule has 0 radical (unpaired) electrons. The van der Waals surface area contributed by atoms with Crippen molar-refractivity contribution in [1.82, 2.24) is 9.21 Å². The second-order valence-corrected chi connectivity index (χ2v) is 8.24. The van der Waals surface area contributed by atoms with Gasteiger partial charge in [0.25, 0.3) is 10.0 Å². The van der Waals surface area contributed by atoms with Crippen LogP contribution in [0.3, 0.4) is 0 Å². The molecule has 1 atom stereocenters. The third-order valence-electron chi connectivity index (χ3n) is 4.02. The Morgan fingerprint density at radius 2 is 1.22 bits per heavy atom. The third-order valence-corrected chi connectivity index (χ3v) is 5.97. The monoisotopic (exact) mass is 440 g/mol. The summed E-state index contributed by atoms with van der Waals surface area (Å²) in [6.07, 6.45) is -8.22. The first kappa shape index (κ1) is 24.2. The van der Waals surface area contributed by atoms with E-state index in [4.69, 9.17) is 0 Å². The maximum atomic E-state index is 13.8. The zero-order valence-electron chi connectivity index (χ0n) is 14.0.